The molecule has 3 nitrogen and oxygen atoms in total. The maximum atomic E-state index is 12.5. The summed E-state index contributed by atoms with van der Waals surface area (Å²) in [6.07, 6.45) is -3.84. The number of methoxy groups -OCH3 is 1. The Kier molecular flexibility index (Phi) is 5.68. The van der Waals surface area contributed by atoms with Crippen molar-refractivity contribution in [2.45, 2.75) is 17.5 Å². The lowest BCUT2D eigenvalue weighted by atomic mass is 10.1. The molecule has 19 heavy (non-hydrogen) atoms. The van der Waals surface area contributed by atoms with Crippen LogP contribution in [-0.2, 0) is 10.9 Å². The van der Waals surface area contributed by atoms with Crippen LogP contribution in [0.1, 0.15) is 22.3 Å². The van der Waals surface area contributed by atoms with Gasteiger partial charge in [-0.05, 0) is 24.6 Å². The molecule has 1 rings (SSSR count). The fourth-order valence-electron chi connectivity index (χ4n) is 1.38. The number of ether oxygens (including phenoxy) is 1. The molecule has 7 heteroatoms. The summed E-state index contributed by atoms with van der Waals surface area (Å²) >= 11 is 1.21. The van der Waals surface area contributed by atoms with Crippen molar-refractivity contribution in [1.29, 1.82) is 0 Å². The third-order valence-corrected chi connectivity index (χ3v) is 3.45. The first-order chi connectivity index (χ1) is 8.86. The van der Waals surface area contributed by atoms with E-state index in [2.05, 4.69) is 0 Å². The van der Waals surface area contributed by atoms with Gasteiger partial charge in [-0.25, -0.2) is 4.79 Å². The molecule has 0 saturated heterocycles. The van der Waals surface area contributed by atoms with Gasteiger partial charge in [0.15, 0.2) is 0 Å². The van der Waals surface area contributed by atoms with Gasteiger partial charge < -0.3 is 9.84 Å². The van der Waals surface area contributed by atoms with Crippen molar-refractivity contribution in [2.24, 2.45) is 0 Å². The highest BCUT2D eigenvalue weighted by Crippen LogP contribution is 2.33. The van der Waals surface area contributed by atoms with Gasteiger partial charge in [0, 0.05) is 24.4 Å². The summed E-state index contributed by atoms with van der Waals surface area (Å²) in [5, 5.41) is 8.95. The van der Waals surface area contributed by atoms with Gasteiger partial charge in [0.2, 0.25) is 0 Å². The third-order valence-electron chi connectivity index (χ3n) is 2.29. The molecule has 0 unspecified atom stereocenters. The molecule has 0 aromatic heterocycles. The minimum Gasteiger partial charge on any atom is -0.478 e. The van der Waals surface area contributed by atoms with E-state index in [1.54, 1.807) is 7.11 Å². The van der Waals surface area contributed by atoms with E-state index in [1.807, 2.05) is 0 Å². The maximum Gasteiger partial charge on any atom is 0.416 e. The summed E-state index contributed by atoms with van der Waals surface area (Å²) in [6, 6.07) is 2.76. The van der Waals surface area contributed by atoms with Crippen LogP contribution in [0, 0.1) is 0 Å². The maximum absolute atomic E-state index is 12.5. The molecule has 0 amide bonds. The molecular formula is C12H13F3O3S. The first kappa shape index (κ1) is 15.8. The van der Waals surface area contributed by atoms with E-state index in [-0.39, 0.29) is 5.56 Å². The van der Waals surface area contributed by atoms with E-state index in [1.165, 1.54) is 17.8 Å². The van der Waals surface area contributed by atoms with Gasteiger partial charge in [0.05, 0.1) is 11.1 Å². The predicted octanol–water partition coefficient (Wildman–Crippen LogP) is 3.53. The number of rotatable bonds is 6. The van der Waals surface area contributed by atoms with Crippen LogP contribution in [-0.4, -0.2) is 30.5 Å². The summed E-state index contributed by atoms with van der Waals surface area (Å²) < 4.78 is 42.3. The Bertz CT molecular complexity index is 446. The smallest absolute Gasteiger partial charge is 0.416 e. The zero-order valence-electron chi connectivity index (χ0n) is 10.2. The van der Waals surface area contributed by atoms with Gasteiger partial charge in [0.25, 0.3) is 0 Å². The zero-order valence-corrected chi connectivity index (χ0v) is 11.0. The van der Waals surface area contributed by atoms with Crippen molar-refractivity contribution >= 4 is 17.7 Å². The summed E-state index contributed by atoms with van der Waals surface area (Å²) in [4.78, 5) is 11.3. The number of carboxylic acids is 1. The summed E-state index contributed by atoms with van der Waals surface area (Å²) in [7, 11) is 1.55. The highest BCUT2D eigenvalue weighted by molar-refractivity contribution is 7.99. The quantitative estimate of drug-likeness (QED) is 0.644. The lowest BCUT2D eigenvalue weighted by molar-refractivity contribution is -0.137. The van der Waals surface area contributed by atoms with E-state index in [0.717, 1.165) is 6.07 Å². The molecule has 0 aliphatic heterocycles. The number of hydrogen-bond acceptors (Lipinski definition) is 3. The molecule has 0 saturated carbocycles. The molecular weight excluding hydrogens is 281 g/mol. The van der Waals surface area contributed by atoms with Crippen molar-refractivity contribution in [1.82, 2.24) is 0 Å². The van der Waals surface area contributed by atoms with Crippen LogP contribution in [0.2, 0.25) is 0 Å². The number of carbonyl (C=O) groups is 1. The molecule has 1 aromatic rings. The number of hydrogen-bond donors (Lipinski definition) is 1. The van der Waals surface area contributed by atoms with Gasteiger partial charge in [-0.3, -0.25) is 0 Å². The Balaban J connectivity index is 2.90. The van der Waals surface area contributed by atoms with Gasteiger partial charge in [-0.15, -0.1) is 11.8 Å². The Hall–Kier alpha value is -1.21. The van der Waals surface area contributed by atoms with Crippen LogP contribution in [0.3, 0.4) is 0 Å². The standard InChI is InChI=1S/C12H13F3O3S/c1-18-5-2-6-19-10-4-3-8(12(13,14)15)7-9(10)11(16)17/h3-4,7H,2,5-6H2,1H3,(H,16,17). The Labute approximate surface area is 112 Å². The molecule has 0 radical (unpaired) electrons. The van der Waals surface area contributed by atoms with Crippen LogP contribution < -0.4 is 0 Å². The van der Waals surface area contributed by atoms with Crippen LogP contribution in [0.25, 0.3) is 0 Å². The second-order valence-corrected chi connectivity index (χ2v) is 4.85. The number of thioether (sulfide) groups is 1. The van der Waals surface area contributed by atoms with E-state index < -0.39 is 17.7 Å². The van der Waals surface area contributed by atoms with Crippen molar-refractivity contribution in [3.63, 3.8) is 0 Å². The predicted molar refractivity (Wildman–Crippen MR) is 65.6 cm³/mol. The molecule has 0 heterocycles. The normalized spacial score (nSPS) is 11.6. The van der Waals surface area contributed by atoms with E-state index in [9.17, 15) is 18.0 Å². The third kappa shape index (κ3) is 4.76. The molecule has 0 aliphatic carbocycles. The van der Waals surface area contributed by atoms with Crippen molar-refractivity contribution in [3.05, 3.63) is 29.3 Å². The summed E-state index contributed by atoms with van der Waals surface area (Å²) in [6.45, 7) is 0.524. The van der Waals surface area contributed by atoms with Gasteiger partial charge in [-0.2, -0.15) is 13.2 Å². The fourth-order valence-corrected chi connectivity index (χ4v) is 2.33. The fraction of sp³-hybridized carbons (Fsp3) is 0.417. The molecule has 0 bridgehead atoms. The molecule has 0 spiro atoms. The SMILES string of the molecule is COCCCSc1ccc(C(F)(F)F)cc1C(=O)O. The average molecular weight is 294 g/mol. The van der Waals surface area contributed by atoms with Crippen molar-refractivity contribution < 1.29 is 27.8 Å². The first-order valence-corrected chi connectivity index (χ1v) is 6.41. The van der Waals surface area contributed by atoms with E-state index in [4.69, 9.17) is 9.84 Å². The lowest BCUT2D eigenvalue weighted by Gasteiger charge is -2.10. The molecule has 0 aliphatic rings. The highest BCUT2D eigenvalue weighted by atomic mass is 32.2. The summed E-state index contributed by atoms with van der Waals surface area (Å²) in [5.41, 5.74) is -1.27. The topological polar surface area (TPSA) is 46.5 Å². The monoisotopic (exact) mass is 294 g/mol. The first-order valence-electron chi connectivity index (χ1n) is 5.42. The average Bonchev–Trinajstić information content (AvgIpc) is 2.33. The number of halogens is 3. The van der Waals surface area contributed by atoms with Crippen LogP contribution in [0.5, 0.6) is 0 Å². The number of aromatic carboxylic acids is 1. The second-order valence-electron chi connectivity index (χ2n) is 3.71. The van der Waals surface area contributed by atoms with Gasteiger partial charge >= 0.3 is 12.1 Å². The largest absolute Gasteiger partial charge is 0.478 e. The lowest BCUT2D eigenvalue weighted by Crippen LogP contribution is -2.08. The minimum atomic E-state index is -4.54. The molecule has 0 atom stereocenters. The molecule has 1 N–H and O–H groups in total. The summed E-state index contributed by atoms with van der Waals surface area (Å²) in [5.74, 6) is -0.778. The Morgan fingerprint density at radius 1 is 1.42 bits per heavy atom. The minimum absolute atomic E-state index is 0.322. The van der Waals surface area contributed by atoms with E-state index in [0.29, 0.717) is 29.7 Å². The van der Waals surface area contributed by atoms with Crippen molar-refractivity contribution in [2.75, 3.05) is 19.5 Å². The Morgan fingerprint density at radius 2 is 2.11 bits per heavy atom. The molecule has 1 aromatic carbocycles. The zero-order chi connectivity index (χ0) is 14.5. The van der Waals surface area contributed by atoms with Crippen molar-refractivity contribution in [3.8, 4) is 0 Å². The number of benzene rings is 1. The Morgan fingerprint density at radius 3 is 2.63 bits per heavy atom. The van der Waals surface area contributed by atoms with E-state index >= 15 is 0 Å². The second kappa shape index (κ2) is 6.81. The number of carboxylic acid groups (broad SMARTS) is 1. The number of alkyl halides is 3. The highest BCUT2D eigenvalue weighted by Gasteiger charge is 2.31. The van der Waals surface area contributed by atoms with Crippen LogP contribution >= 0.6 is 11.8 Å². The van der Waals surface area contributed by atoms with Gasteiger partial charge in [0.1, 0.15) is 0 Å². The molecule has 0 fully saturated rings. The molecule has 106 valence electrons. The van der Waals surface area contributed by atoms with Gasteiger partial charge in [-0.1, -0.05) is 0 Å². The van der Waals surface area contributed by atoms with Crippen LogP contribution in [0.15, 0.2) is 23.1 Å². The van der Waals surface area contributed by atoms with Crippen LogP contribution in [0.4, 0.5) is 13.2 Å².